The molecule has 0 aromatic carbocycles. The van der Waals surface area contributed by atoms with Crippen molar-refractivity contribution in [1.82, 2.24) is 10.3 Å². The molecule has 0 saturated heterocycles. The molecule has 0 saturated carbocycles. The van der Waals surface area contributed by atoms with Gasteiger partial charge < -0.3 is 15.4 Å². The summed E-state index contributed by atoms with van der Waals surface area (Å²) in [5, 5.41) is 6.25. The zero-order valence-electron chi connectivity index (χ0n) is 14.2. The zero-order valence-corrected chi connectivity index (χ0v) is 14.9. The number of carbonyl (C=O) groups excluding carboxylic acids is 1. The Balaban J connectivity index is 2.69. The van der Waals surface area contributed by atoms with Crippen LogP contribution in [0.4, 0.5) is 10.5 Å². The number of rotatable bonds is 5. The molecule has 22 heavy (non-hydrogen) atoms. The summed E-state index contributed by atoms with van der Waals surface area (Å²) >= 11 is 5.80. The lowest BCUT2D eigenvalue weighted by atomic mass is 9.95. The molecule has 2 N–H and O–H groups in total. The fourth-order valence-corrected chi connectivity index (χ4v) is 1.92. The third-order valence-electron chi connectivity index (χ3n) is 3.24. The van der Waals surface area contributed by atoms with Crippen LogP contribution in [0, 0.1) is 0 Å². The first-order valence-corrected chi connectivity index (χ1v) is 7.85. The number of anilines is 1. The quantitative estimate of drug-likeness (QED) is 0.804. The lowest BCUT2D eigenvalue weighted by molar-refractivity contribution is 0.0493. The molecule has 1 aromatic rings. The second kappa shape index (κ2) is 7.18. The highest BCUT2D eigenvalue weighted by molar-refractivity contribution is 6.16. The monoisotopic (exact) mass is 327 g/mol. The van der Waals surface area contributed by atoms with Crippen molar-refractivity contribution in [3.63, 3.8) is 0 Å². The predicted octanol–water partition coefficient (Wildman–Crippen LogP) is 3.92. The van der Waals surface area contributed by atoms with E-state index in [-0.39, 0.29) is 11.6 Å². The highest BCUT2D eigenvalue weighted by atomic mass is 35.5. The van der Waals surface area contributed by atoms with Crippen molar-refractivity contribution in [2.75, 3.05) is 5.32 Å². The number of alkyl halides is 1. The van der Waals surface area contributed by atoms with Gasteiger partial charge in [0.2, 0.25) is 0 Å². The number of pyridine rings is 1. The molecule has 0 fully saturated rings. The van der Waals surface area contributed by atoms with Crippen LogP contribution in [-0.2, 0) is 10.6 Å². The first-order chi connectivity index (χ1) is 10.0. The lowest BCUT2D eigenvalue weighted by Gasteiger charge is -2.35. The van der Waals surface area contributed by atoms with Gasteiger partial charge in [0.05, 0.1) is 23.2 Å². The van der Waals surface area contributed by atoms with Gasteiger partial charge in [0.1, 0.15) is 5.60 Å². The molecule has 0 spiro atoms. The highest BCUT2D eigenvalue weighted by Gasteiger charge is 2.28. The fourth-order valence-electron chi connectivity index (χ4n) is 1.77. The van der Waals surface area contributed by atoms with E-state index in [1.807, 2.05) is 53.7 Å². The molecule has 1 heterocycles. The number of amides is 1. The Bertz CT molecular complexity index is 512. The van der Waals surface area contributed by atoms with Crippen LogP contribution in [0.15, 0.2) is 18.3 Å². The van der Waals surface area contributed by atoms with Gasteiger partial charge in [-0.25, -0.2) is 4.79 Å². The van der Waals surface area contributed by atoms with Crippen LogP contribution in [0.3, 0.4) is 0 Å². The molecule has 0 aliphatic carbocycles. The molecule has 1 rings (SSSR count). The number of hydrogen-bond donors (Lipinski definition) is 2. The van der Waals surface area contributed by atoms with Crippen LogP contribution >= 0.6 is 11.6 Å². The Hall–Kier alpha value is -1.49. The number of aromatic nitrogens is 1. The zero-order chi connectivity index (χ0) is 17.0. The molecule has 5 nitrogen and oxygen atoms in total. The van der Waals surface area contributed by atoms with Gasteiger partial charge in [-0.15, -0.1) is 11.6 Å². The van der Waals surface area contributed by atoms with Crippen LogP contribution in [0.5, 0.6) is 0 Å². The summed E-state index contributed by atoms with van der Waals surface area (Å²) in [6.07, 6.45) is 1.29. The number of nitrogens with one attached hydrogen (secondary N) is 2. The SMILES string of the molecule is CC(NC(=O)OC(C)(C)C)C(C)(C)Nc1ccnc(CCl)c1. The largest absolute Gasteiger partial charge is 0.444 e. The van der Waals surface area contributed by atoms with Gasteiger partial charge in [-0.2, -0.15) is 0 Å². The topological polar surface area (TPSA) is 63.2 Å². The highest BCUT2D eigenvalue weighted by Crippen LogP contribution is 2.19. The summed E-state index contributed by atoms with van der Waals surface area (Å²) < 4.78 is 5.28. The van der Waals surface area contributed by atoms with Crippen LogP contribution in [0.25, 0.3) is 0 Å². The summed E-state index contributed by atoms with van der Waals surface area (Å²) in [4.78, 5) is 16.0. The Labute approximate surface area is 137 Å². The van der Waals surface area contributed by atoms with E-state index in [9.17, 15) is 4.79 Å². The molecule has 1 atom stereocenters. The number of halogens is 1. The fraction of sp³-hybridized carbons (Fsp3) is 0.625. The Morgan fingerprint density at radius 1 is 1.36 bits per heavy atom. The van der Waals surface area contributed by atoms with E-state index in [1.165, 1.54) is 0 Å². The van der Waals surface area contributed by atoms with E-state index >= 15 is 0 Å². The minimum absolute atomic E-state index is 0.144. The van der Waals surface area contributed by atoms with Crippen molar-refractivity contribution >= 4 is 23.4 Å². The molecule has 1 amide bonds. The molecule has 0 aliphatic heterocycles. The molecule has 0 radical (unpaired) electrons. The van der Waals surface area contributed by atoms with Crippen molar-refractivity contribution in [2.24, 2.45) is 0 Å². The third kappa shape index (κ3) is 6.10. The minimum Gasteiger partial charge on any atom is -0.444 e. The van der Waals surface area contributed by atoms with Crippen molar-refractivity contribution in [3.8, 4) is 0 Å². The van der Waals surface area contributed by atoms with E-state index in [1.54, 1.807) is 6.20 Å². The summed E-state index contributed by atoms with van der Waals surface area (Å²) in [7, 11) is 0. The molecule has 124 valence electrons. The molecule has 1 unspecified atom stereocenters. The van der Waals surface area contributed by atoms with Gasteiger partial charge in [-0.1, -0.05) is 0 Å². The number of hydrogen-bond acceptors (Lipinski definition) is 4. The van der Waals surface area contributed by atoms with Gasteiger partial charge in [0.15, 0.2) is 0 Å². The van der Waals surface area contributed by atoms with Crippen LogP contribution in [0.2, 0.25) is 0 Å². The van der Waals surface area contributed by atoms with E-state index in [2.05, 4.69) is 15.6 Å². The van der Waals surface area contributed by atoms with E-state index < -0.39 is 11.7 Å². The summed E-state index contributed by atoms with van der Waals surface area (Å²) in [6.45, 7) is 11.5. The van der Waals surface area contributed by atoms with Crippen molar-refractivity contribution in [2.45, 2.75) is 64.6 Å². The van der Waals surface area contributed by atoms with Gasteiger partial charge in [0.25, 0.3) is 0 Å². The lowest BCUT2D eigenvalue weighted by Crippen LogP contribution is -2.52. The summed E-state index contributed by atoms with van der Waals surface area (Å²) in [6, 6.07) is 3.63. The summed E-state index contributed by atoms with van der Waals surface area (Å²) in [5.41, 5.74) is 0.826. The van der Waals surface area contributed by atoms with Gasteiger partial charge >= 0.3 is 6.09 Å². The second-order valence-corrected chi connectivity index (χ2v) is 7.15. The van der Waals surface area contributed by atoms with Gasteiger partial charge in [0, 0.05) is 11.9 Å². The first kappa shape index (κ1) is 18.6. The maximum absolute atomic E-state index is 11.9. The Kier molecular flexibility index (Phi) is 6.06. The third-order valence-corrected chi connectivity index (χ3v) is 3.51. The number of ether oxygens (including phenoxy) is 1. The van der Waals surface area contributed by atoms with Gasteiger partial charge in [-0.05, 0) is 53.7 Å². The predicted molar refractivity (Wildman–Crippen MR) is 90.3 cm³/mol. The normalized spacial score (nSPS) is 13.4. The Morgan fingerprint density at radius 2 is 2.00 bits per heavy atom. The maximum Gasteiger partial charge on any atom is 0.407 e. The number of alkyl carbamates (subject to hydrolysis) is 1. The minimum atomic E-state index is -0.512. The van der Waals surface area contributed by atoms with Crippen LogP contribution in [-0.4, -0.2) is 28.3 Å². The van der Waals surface area contributed by atoms with Crippen molar-refractivity contribution < 1.29 is 9.53 Å². The van der Waals surface area contributed by atoms with Crippen LogP contribution in [0.1, 0.15) is 47.2 Å². The van der Waals surface area contributed by atoms with E-state index in [4.69, 9.17) is 16.3 Å². The molecule has 0 aliphatic rings. The Morgan fingerprint density at radius 3 is 2.55 bits per heavy atom. The van der Waals surface area contributed by atoms with Crippen LogP contribution < -0.4 is 10.6 Å². The maximum atomic E-state index is 11.9. The van der Waals surface area contributed by atoms with Gasteiger partial charge in [-0.3, -0.25) is 4.98 Å². The molecular weight excluding hydrogens is 302 g/mol. The van der Waals surface area contributed by atoms with Crippen molar-refractivity contribution in [1.29, 1.82) is 0 Å². The number of nitrogens with zero attached hydrogens (tertiary/aromatic N) is 1. The average Bonchev–Trinajstić information content (AvgIpc) is 2.35. The number of carbonyl (C=O) groups is 1. The first-order valence-electron chi connectivity index (χ1n) is 7.32. The second-order valence-electron chi connectivity index (χ2n) is 6.88. The smallest absolute Gasteiger partial charge is 0.407 e. The molecule has 6 heteroatoms. The molecular formula is C16H26ClN3O2. The van der Waals surface area contributed by atoms with Crippen molar-refractivity contribution in [3.05, 3.63) is 24.0 Å². The molecule has 0 bridgehead atoms. The van der Waals surface area contributed by atoms with E-state index in [0.717, 1.165) is 11.4 Å². The standard InChI is InChI=1S/C16H26ClN3O2/c1-11(19-14(21)22-15(2,3)4)16(5,6)20-12-7-8-18-13(9-12)10-17/h7-9,11H,10H2,1-6H3,(H,18,20)(H,19,21). The summed E-state index contributed by atoms with van der Waals surface area (Å²) in [5.74, 6) is 0.363. The average molecular weight is 328 g/mol. The molecule has 1 aromatic heterocycles. The van der Waals surface area contributed by atoms with E-state index in [0.29, 0.717) is 5.88 Å².